The minimum absolute atomic E-state index is 0.00608. The van der Waals surface area contributed by atoms with Crippen molar-refractivity contribution in [3.8, 4) is 0 Å². The smallest absolute Gasteiger partial charge is 0.414 e. The van der Waals surface area contributed by atoms with E-state index in [0.717, 1.165) is 12.0 Å². The molecule has 79 heavy (non-hydrogen) atoms. The Balaban J connectivity index is 1.66. The number of nitrogens with zero attached hydrogens (tertiary/aromatic N) is 1. The molecule has 1 aliphatic carbocycles. The van der Waals surface area contributed by atoms with Gasteiger partial charge in [0.05, 0.1) is 44.1 Å². The molecule has 18 heteroatoms. The van der Waals surface area contributed by atoms with Gasteiger partial charge in [-0.15, -0.1) is 0 Å². The monoisotopic (exact) mass is 1110 g/mol. The van der Waals surface area contributed by atoms with Gasteiger partial charge in [-0.1, -0.05) is 71.1 Å². The van der Waals surface area contributed by atoms with E-state index in [4.69, 9.17) is 33.2 Å². The number of esters is 1. The number of amides is 3. The first-order valence-electron chi connectivity index (χ1n) is 29.1. The number of ether oxygens (including phenoxy) is 7. The first kappa shape index (κ1) is 67.4. The van der Waals surface area contributed by atoms with Crippen LogP contribution in [0.25, 0.3) is 0 Å². The van der Waals surface area contributed by atoms with Crippen LogP contribution in [-0.2, 0) is 57.1 Å². The summed E-state index contributed by atoms with van der Waals surface area (Å²) in [6, 6.07) is -0.972. The predicted molar refractivity (Wildman–Crippen MR) is 298 cm³/mol. The Morgan fingerprint density at radius 2 is 1.62 bits per heavy atom. The Bertz CT molecular complexity index is 2120. The molecule has 3 amide bonds. The van der Waals surface area contributed by atoms with E-state index in [2.05, 4.69) is 5.32 Å². The number of allylic oxidation sites excluding steroid dienone is 6. The number of ketones is 2. The molecule has 4 N–H and O–H groups in total. The lowest BCUT2D eigenvalue weighted by molar-refractivity contribution is -0.284. The Morgan fingerprint density at radius 3 is 2.30 bits per heavy atom. The average Bonchev–Trinajstić information content (AvgIpc) is 3.39. The number of hydrogen-bond donors (Lipinski definition) is 4. The highest BCUT2D eigenvalue weighted by molar-refractivity contribution is 5.92. The van der Waals surface area contributed by atoms with Crippen LogP contribution in [0.15, 0.2) is 47.6 Å². The van der Waals surface area contributed by atoms with Crippen LogP contribution >= 0.6 is 0 Å². The number of imide groups is 1. The highest BCUT2D eigenvalue weighted by Crippen LogP contribution is 2.39. The molecule has 4 aliphatic rings. The Morgan fingerprint density at radius 1 is 0.886 bits per heavy atom. The molecule has 0 radical (unpaired) electrons. The summed E-state index contributed by atoms with van der Waals surface area (Å²) < 4.78 is 41.9. The van der Waals surface area contributed by atoms with Crippen molar-refractivity contribution in [1.82, 2.24) is 10.2 Å². The summed E-state index contributed by atoms with van der Waals surface area (Å²) in [5.41, 5.74) is 0.459. The molecular weight excluding hydrogens is 1020 g/mol. The van der Waals surface area contributed by atoms with Gasteiger partial charge < -0.3 is 53.4 Å². The molecule has 4 rings (SSSR count). The molecule has 448 valence electrons. The Hall–Kier alpha value is -4.14. The van der Waals surface area contributed by atoms with Gasteiger partial charge >= 0.3 is 12.1 Å². The molecule has 15 atom stereocenters. The van der Waals surface area contributed by atoms with Crippen molar-refractivity contribution in [3.63, 3.8) is 0 Å². The number of carbonyl (C=O) groups is 6. The van der Waals surface area contributed by atoms with Gasteiger partial charge in [-0.3, -0.25) is 24.5 Å². The number of methoxy groups -OCH3 is 2. The van der Waals surface area contributed by atoms with Crippen molar-refractivity contribution in [2.45, 2.75) is 226 Å². The first-order chi connectivity index (χ1) is 37.3. The molecule has 0 aromatic carbocycles. The minimum Gasteiger partial charge on any atom is -0.460 e. The van der Waals surface area contributed by atoms with Gasteiger partial charge in [0.25, 0.3) is 0 Å². The number of aliphatic hydroxyl groups is 3. The molecule has 0 spiro atoms. The number of Topliss-reactive ketones (excluding diaryl/α,β-unsaturated/α-hetero) is 2. The Labute approximate surface area is 470 Å². The summed E-state index contributed by atoms with van der Waals surface area (Å²) in [6.07, 6.45) is 11.6. The second-order valence-corrected chi connectivity index (χ2v) is 24.0. The zero-order valence-electron chi connectivity index (χ0n) is 49.6. The van der Waals surface area contributed by atoms with E-state index in [0.29, 0.717) is 76.2 Å². The maximum atomic E-state index is 14.6. The van der Waals surface area contributed by atoms with E-state index in [1.165, 1.54) is 12.0 Å². The second kappa shape index (κ2) is 32.5. The van der Waals surface area contributed by atoms with E-state index < -0.39 is 96.0 Å². The van der Waals surface area contributed by atoms with Crippen LogP contribution in [0.2, 0.25) is 0 Å². The third-order valence-corrected chi connectivity index (χ3v) is 16.2. The quantitative estimate of drug-likeness (QED) is 0.0771. The van der Waals surface area contributed by atoms with Gasteiger partial charge in [0, 0.05) is 64.4 Å². The lowest BCUT2D eigenvalue weighted by atomic mass is 9.78. The van der Waals surface area contributed by atoms with E-state index >= 15 is 0 Å². The topological polar surface area (TPSA) is 243 Å². The number of hydrogen-bond acceptors (Lipinski definition) is 16. The molecule has 3 aliphatic heterocycles. The fourth-order valence-corrected chi connectivity index (χ4v) is 11.4. The average molecular weight is 1120 g/mol. The number of alkyl carbamates (subject to hydrolysis) is 1. The van der Waals surface area contributed by atoms with Crippen LogP contribution in [0.1, 0.15) is 166 Å². The van der Waals surface area contributed by atoms with Crippen molar-refractivity contribution in [2.24, 2.45) is 35.5 Å². The fraction of sp³-hybridized carbons (Fsp3) is 0.770. The standard InChI is InChI=1S/C61H98N2O16/c1-38-19-14-13-15-20-39(2)50(75-29-18-22-53(66)62-59(71)79-60(8,9)10)35-46-25-23-44(7)61(72,78-46)37-54(67)63-27-17-16-21-47(63)58(70)77-51(41(4)33-45-24-26-49(76-30-28-64)52(34-45)73-11)36-48(65)40(3)32-43(6)56(69)57(74-12)55(68)42(5)31-38/h13-15,19-20,32,38,40-42,44-47,49-52,56-57,64,69,72H,16-18,21-31,33-37H2,1-12H3,(H,62,66,71)/b15-13+,19-14+,39-20+,43-32+/t38-,40-,41-,42-,44-,45+,46+,47+,49-,50?,51+,52-,56-,57+,61+/m1/s1. The third-order valence-electron chi connectivity index (χ3n) is 16.2. The van der Waals surface area contributed by atoms with E-state index in [1.807, 2.05) is 65.0 Å². The van der Waals surface area contributed by atoms with Crippen molar-refractivity contribution in [2.75, 3.05) is 40.6 Å². The number of nitrogens with one attached hydrogen (secondary N) is 1. The molecule has 2 bridgehead atoms. The normalized spacial score (nSPS) is 35.4. The second-order valence-electron chi connectivity index (χ2n) is 24.0. The van der Waals surface area contributed by atoms with Crippen molar-refractivity contribution in [1.29, 1.82) is 0 Å². The molecule has 1 unspecified atom stereocenters. The highest BCUT2D eigenvalue weighted by atomic mass is 16.6. The van der Waals surface area contributed by atoms with Crippen LogP contribution in [0, 0.1) is 35.5 Å². The largest absolute Gasteiger partial charge is 0.460 e. The van der Waals surface area contributed by atoms with Crippen LogP contribution in [0.5, 0.6) is 0 Å². The van der Waals surface area contributed by atoms with Crippen LogP contribution in [-0.4, -0.2) is 156 Å². The molecule has 3 heterocycles. The highest BCUT2D eigenvalue weighted by Gasteiger charge is 2.47. The van der Waals surface area contributed by atoms with Gasteiger partial charge in [-0.05, 0) is 134 Å². The summed E-state index contributed by atoms with van der Waals surface area (Å²) in [6.45, 7) is 18.6. The summed E-state index contributed by atoms with van der Waals surface area (Å²) >= 11 is 0. The number of piperidine rings is 1. The lowest BCUT2D eigenvalue weighted by Gasteiger charge is -2.44. The van der Waals surface area contributed by atoms with Crippen LogP contribution in [0.3, 0.4) is 0 Å². The molecule has 3 fully saturated rings. The van der Waals surface area contributed by atoms with Crippen LogP contribution in [0.4, 0.5) is 4.79 Å². The number of rotatable bonds is 13. The van der Waals surface area contributed by atoms with E-state index in [-0.39, 0.29) is 80.7 Å². The van der Waals surface area contributed by atoms with E-state index in [9.17, 15) is 44.1 Å². The van der Waals surface area contributed by atoms with Gasteiger partial charge in [0.2, 0.25) is 11.8 Å². The van der Waals surface area contributed by atoms with Gasteiger partial charge in [-0.2, -0.15) is 0 Å². The number of aliphatic hydroxyl groups excluding tert-OH is 2. The van der Waals surface area contributed by atoms with Crippen molar-refractivity contribution in [3.05, 3.63) is 47.6 Å². The molecule has 0 aromatic rings. The SMILES string of the molecule is CO[C@@H]1C[C@H](C[C@@H](C)[C@@H]2CC(=O)[C@H](C)/C=C(\C)[C@@H](O)[C@@H](OC)C(=O)[C@H](C)C[C@H](C)/C=C/C=C/C=C(\C)C(OCCCC(=O)NC(=O)OC(C)(C)C)C[C@@H]3CC[C@@H](C)[C@](O)(CC(=O)N4CCCC[C@H]4C(=O)O2)O3)CC[C@H]1OCCO. The van der Waals surface area contributed by atoms with E-state index in [1.54, 1.807) is 47.8 Å². The van der Waals surface area contributed by atoms with Gasteiger partial charge in [0.15, 0.2) is 11.6 Å². The zero-order valence-corrected chi connectivity index (χ0v) is 49.6. The van der Waals surface area contributed by atoms with Gasteiger partial charge in [0.1, 0.15) is 35.7 Å². The number of fused-ring (bicyclic) bond motifs is 3. The maximum absolute atomic E-state index is 14.6. The number of carbonyl (C=O) groups excluding carboxylic acids is 6. The first-order valence-corrected chi connectivity index (χ1v) is 29.1. The summed E-state index contributed by atoms with van der Waals surface area (Å²) in [7, 11) is 3.02. The minimum atomic E-state index is -1.87. The van der Waals surface area contributed by atoms with Gasteiger partial charge in [-0.25, -0.2) is 9.59 Å². The third kappa shape index (κ3) is 21.6. The molecule has 1 saturated carbocycles. The molecule has 0 aromatic heterocycles. The summed E-state index contributed by atoms with van der Waals surface area (Å²) in [5.74, 6) is -5.81. The zero-order chi connectivity index (χ0) is 58.6. The van der Waals surface area contributed by atoms with Crippen molar-refractivity contribution < 1.29 is 77.2 Å². The molecule has 2 saturated heterocycles. The molecule has 18 nitrogen and oxygen atoms in total. The Kier molecular flexibility index (Phi) is 27.7. The summed E-state index contributed by atoms with van der Waals surface area (Å²) in [4.78, 5) is 83.7. The van der Waals surface area contributed by atoms with Crippen molar-refractivity contribution >= 4 is 35.4 Å². The predicted octanol–water partition coefficient (Wildman–Crippen LogP) is 8.22. The molecular formula is C61H98N2O16. The maximum Gasteiger partial charge on any atom is 0.414 e. The fourth-order valence-electron chi connectivity index (χ4n) is 11.4. The summed E-state index contributed by atoms with van der Waals surface area (Å²) in [5, 5.41) is 35.5. The van der Waals surface area contributed by atoms with Crippen LogP contribution < -0.4 is 5.32 Å². The lowest BCUT2D eigenvalue weighted by Crippen LogP contribution is -2.55. The number of cyclic esters (lactones) is 1.